The third-order valence-electron chi connectivity index (χ3n) is 2.34. The fraction of sp³-hybridized carbons (Fsp3) is 0.455. The first-order chi connectivity index (χ1) is 7.96. The minimum atomic E-state index is -2.96. The summed E-state index contributed by atoms with van der Waals surface area (Å²) in [6.45, 7) is 1.98. The molecule has 1 rings (SSSR count). The molecule has 3 nitrogen and oxygen atoms in total. The molecule has 0 heterocycles. The van der Waals surface area contributed by atoms with Crippen molar-refractivity contribution in [2.24, 2.45) is 0 Å². The van der Waals surface area contributed by atoms with Gasteiger partial charge in [-0.3, -0.25) is 0 Å². The zero-order chi connectivity index (χ0) is 12.9. The van der Waals surface area contributed by atoms with E-state index in [1.54, 1.807) is 13.0 Å². The van der Waals surface area contributed by atoms with Crippen molar-refractivity contribution in [3.63, 3.8) is 0 Å². The van der Waals surface area contributed by atoms with E-state index in [0.717, 1.165) is 0 Å². The number of sulfone groups is 1. The molecule has 0 spiro atoms. The molecule has 0 unspecified atom stereocenters. The van der Waals surface area contributed by atoms with Gasteiger partial charge in [0.25, 0.3) is 0 Å². The van der Waals surface area contributed by atoms with Crippen LogP contribution < -0.4 is 5.32 Å². The van der Waals surface area contributed by atoms with Gasteiger partial charge in [0.15, 0.2) is 0 Å². The number of para-hydroxylation sites is 1. The number of anilines is 1. The Morgan fingerprint density at radius 3 is 2.71 bits per heavy atom. The predicted octanol–water partition coefficient (Wildman–Crippen LogP) is 2.72. The van der Waals surface area contributed by atoms with E-state index in [0.29, 0.717) is 18.0 Å². The fourth-order valence-corrected chi connectivity index (χ4v) is 2.42. The van der Waals surface area contributed by atoms with E-state index in [-0.39, 0.29) is 17.2 Å². The first-order valence-corrected chi connectivity index (χ1v) is 7.54. The summed E-state index contributed by atoms with van der Waals surface area (Å²) in [5.41, 5.74) is 0.225. The van der Waals surface area contributed by atoms with Gasteiger partial charge in [-0.25, -0.2) is 12.8 Å². The quantitative estimate of drug-likeness (QED) is 0.815. The normalized spacial score (nSPS) is 11.5. The SMILES string of the molecule is CCS(=O)(=O)CCCNc1c(F)cccc1Cl. The zero-order valence-corrected chi connectivity index (χ0v) is 11.1. The molecule has 1 aromatic carbocycles. The van der Waals surface area contributed by atoms with Crippen LogP contribution in [0.3, 0.4) is 0 Å². The Hall–Kier alpha value is -0.810. The molecule has 0 aliphatic heterocycles. The lowest BCUT2D eigenvalue weighted by Gasteiger charge is -2.09. The lowest BCUT2D eigenvalue weighted by Crippen LogP contribution is -2.13. The molecule has 6 heteroatoms. The van der Waals surface area contributed by atoms with Gasteiger partial charge in [0.1, 0.15) is 15.7 Å². The van der Waals surface area contributed by atoms with Crippen LogP contribution in [0, 0.1) is 5.82 Å². The highest BCUT2D eigenvalue weighted by molar-refractivity contribution is 7.91. The van der Waals surface area contributed by atoms with Crippen LogP contribution in [-0.4, -0.2) is 26.5 Å². The Morgan fingerprint density at radius 2 is 2.12 bits per heavy atom. The third kappa shape index (κ3) is 4.52. The lowest BCUT2D eigenvalue weighted by atomic mass is 10.3. The maximum atomic E-state index is 13.3. The van der Waals surface area contributed by atoms with Crippen LogP contribution in [0.5, 0.6) is 0 Å². The molecule has 0 radical (unpaired) electrons. The molecule has 0 saturated heterocycles. The van der Waals surface area contributed by atoms with Crippen LogP contribution in [0.1, 0.15) is 13.3 Å². The van der Waals surface area contributed by atoms with Crippen molar-refractivity contribution in [2.45, 2.75) is 13.3 Å². The van der Waals surface area contributed by atoms with Crippen molar-refractivity contribution >= 4 is 27.1 Å². The van der Waals surface area contributed by atoms with Crippen molar-refractivity contribution in [1.82, 2.24) is 0 Å². The fourth-order valence-electron chi connectivity index (χ4n) is 1.32. The molecule has 0 atom stereocenters. The summed E-state index contributed by atoms with van der Waals surface area (Å²) in [7, 11) is -2.96. The maximum Gasteiger partial charge on any atom is 0.150 e. The average molecular weight is 280 g/mol. The van der Waals surface area contributed by atoms with Crippen LogP contribution in [0.2, 0.25) is 5.02 Å². The Kier molecular flexibility index (Phi) is 5.21. The topological polar surface area (TPSA) is 46.2 Å². The standard InChI is InChI=1S/C11H15ClFNO2S/c1-2-17(15,16)8-4-7-14-11-9(12)5-3-6-10(11)13/h3,5-6,14H,2,4,7-8H2,1H3. The van der Waals surface area contributed by atoms with Crippen molar-refractivity contribution in [3.05, 3.63) is 29.0 Å². The van der Waals surface area contributed by atoms with Gasteiger partial charge >= 0.3 is 0 Å². The smallest absolute Gasteiger partial charge is 0.150 e. The third-order valence-corrected chi connectivity index (χ3v) is 4.44. The molecule has 0 aromatic heterocycles. The van der Waals surface area contributed by atoms with Crippen molar-refractivity contribution in [2.75, 3.05) is 23.4 Å². The highest BCUT2D eigenvalue weighted by Gasteiger charge is 2.08. The molecular weight excluding hydrogens is 265 g/mol. The summed E-state index contributed by atoms with van der Waals surface area (Å²) in [6, 6.07) is 4.40. The van der Waals surface area contributed by atoms with Gasteiger partial charge in [-0.05, 0) is 18.6 Å². The van der Waals surface area contributed by atoms with E-state index in [1.807, 2.05) is 0 Å². The van der Waals surface area contributed by atoms with E-state index < -0.39 is 15.7 Å². The van der Waals surface area contributed by atoms with E-state index in [1.165, 1.54) is 12.1 Å². The number of hydrogen-bond acceptors (Lipinski definition) is 3. The van der Waals surface area contributed by atoms with Gasteiger partial charge in [-0.1, -0.05) is 24.6 Å². The van der Waals surface area contributed by atoms with Crippen LogP contribution in [0.25, 0.3) is 0 Å². The van der Waals surface area contributed by atoms with Crippen LogP contribution in [0.15, 0.2) is 18.2 Å². The number of nitrogens with one attached hydrogen (secondary N) is 1. The van der Waals surface area contributed by atoms with E-state index in [4.69, 9.17) is 11.6 Å². The minimum absolute atomic E-state index is 0.0998. The zero-order valence-electron chi connectivity index (χ0n) is 9.54. The second-order valence-corrected chi connectivity index (χ2v) is 6.49. The second-order valence-electron chi connectivity index (χ2n) is 3.61. The Labute approximate surface area is 106 Å². The second kappa shape index (κ2) is 6.21. The summed E-state index contributed by atoms with van der Waals surface area (Å²) >= 11 is 5.80. The number of benzene rings is 1. The van der Waals surface area contributed by atoms with E-state index in [2.05, 4.69) is 5.32 Å². The molecule has 1 aromatic rings. The summed E-state index contributed by atoms with van der Waals surface area (Å²) < 4.78 is 35.7. The molecule has 96 valence electrons. The minimum Gasteiger partial charge on any atom is -0.381 e. The first kappa shape index (κ1) is 14.3. The van der Waals surface area contributed by atoms with Crippen LogP contribution >= 0.6 is 11.6 Å². The van der Waals surface area contributed by atoms with E-state index >= 15 is 0 Å². The Morgan fingerprint density at radius 1 is 1.41 bits per heavy atom. The largest absolute Gasteiger partial charge is 0.381 e. The van der Waals surface area contributed by atoms with Gasteiger partial charge in [-0.15, -0.1) is 0 Å². The van der Waals surface area contributed by atoms with Gasteiger partial charge in [0.05, 0.1) is 16.5 Å². The highest BCUT2D eigenvalue weighted by atomic mass is 35.5. The molecular formula is C11H15ClFNO2S. The summed E-state index contributed by atoms with van der Waals surface area (Å²) in [5, 5.41) is 3.10. The number of hydrogen-bond donors (Lipinski definition) is 1. The first-order valence-electron chi connectivity index (χ1n) is 5.34. The molecule has 17 heavy (non-hydrogen) atoms. The maximum absolute atomic E-state index is 13.3. The van der Waals surface area contributed by atoms with Crippen LogP contribution in [-0.2, 0) is 9.84 Å². The van der Waals surface area contributed by atoms with Gasteiger partial charge < -0.3 is 5.32 Å². The monoisotopic (exact) mass is 279 g/mol. The number of halogens is 2. The van der Waals surface area contributed by atoms with Crippen LogP contribution in [0.4, 0.5) is 10.1 Å². The molecule has 0 aliphatic carbocycles. The van der Waals surface area contributed by atoms with Crippen molar-refractivity contribution in [1.29, 1.82) is 0 Å². The Balaban J connectivity index is 2.47. The molecule has 1 N–H and O–H groups in total. The van der Waals surface area contributed by atoms with Gasteiger partial charge in [-0.2, -0.15) is 0 Å². The molecule has 0 bridgehead atoms. The molecule has 0 saturated carbocycles. The van der Waals surface area contributed by atoms with Crippen molar-refractivity contribution < 1.29 is 12.8 Å². The predicted molar refractivity (Wildman–Crippen MR) is 68.8 cm³/mol. The van der Waals surface area contributed by atoms with E-state index in [9.17, 15) is 12.8 Å². The average Bonchev–Trinajstić information content (AvgIpc) is 2.27. The van der Waals surface area contributed by atoms with Gasteiger partial charge in [0.2, 0.25) is 0 Å². The summed E-state index contributed by atoms with van der Waals surface area (Å²) in [6.07, 6.45) is 0.431. The molecule has 0 aliphatic rings. The van der Waals surface area contributed by atoms with Crippen molar-refractivity contribution in [3.8, 4) is 0 Å². The molecule has 0 fully saturated rings. The Bertz CT molecular complexity index is 456. The summed E-state index contributed by atoms with van der Waals surface area (Å²) in [4.78, 5) is 0. The highest BCUT2D eigenvalue weighted by Crippen LogP contribution is 2.24. The molecule has 0 amide bonds. The lowest BCUT2D eigenvalue weighted by molar-refractivity contribution is 0.595. The summed E-state index contributed by atoms with van der Waals surface area (Å²) in [5.74, 6) is -0.202. The van der Waals surface area contributed by atoms with Gasteiger partial charge in [0, 0.05) is 12.3 Å². The number of rotatable bonds is 6.